The smallest absolute Gasteiger partial charge is 0.375 e. The fourth-order valence-electron chi connectivity index (χ4n) is 1.87. The number of nitrogens with one attached hydrogen (secondary N) is 1. The summed E-state index contributed by atoms with van der Waals surface area (Å²) in [7, 11) is 0. The van der Waals surface area contributed by atoms with Crippen LogP contribution in [-0.4, -0.2) is 25.0 Å². The number of esters is 1. The quantitative estimate of drug-likeness (QED) is 0.669. The van der Waals surface area contributed by atoms with Crippen LogP contribution in [0, 0.1) is 18.3 Å². The van der Waals surface area contributed by atoms with Crippen molar-refractivity contribution in [1.29, 1.82) is 5.26 Å². The molecule has 6 nitrogen and oxygen atoms in total. The number of hydrogen-bond donors (Lipinski definition) is 1. The van der Waals surface area contributed by atoms with Crippen LogP contribution in [0.5, 0.6) is 0 Å². The van der Waals surface area contributed by atoms with E-state index in [1.165, 1.54) is 0 Å². The maximum atomic E-state index is 11.9. The number of nitriles is 1. The Hall–Kier alpha value is -2.81. The van der Waals surface area contributed by atoms with Crippen LogP contribution in [0.1, 0.15) is 22.5 Å². The van der Waals surface area contributed by atoms with Gasteiger partial charge in [-0.15, -0.1) is 0 Å². The molecule has 2 rings (SSSR count). The molecular formula is C15H14N2O4. The average molecular weight is 286 g/mol. The maximum Gasteiger partial charge on any atom is 0.375 e. The molecular weight excluding hydrogens is 272 g/mol. The third-order valence-electron chi connectivity index (χ3n) is 2.92. The van der Waals surface area contributed by atoms with Crippen molar-refractivity contribution in [3.63, 3.8) is 0 Å². The Kier molecular flexibility index (Phi) is 4.57. The molecule has 1 aromatic heterocycles. The number of nitrogens with zero attached hydrogens (tertiary/aromatic N) is 1. The summed E-state index contributed by atoms with van der Waals surface area (Å²) < 4.78 is 10.3. The largest absolute Gasteiger partial charge is 0.450 e. The van der Waals surface area contributed by atoms with Gasteiger partial charge in [-0.3, -0.25) is 4.79 Å². The van der Waals surface area contributed by atoms with Crippen molar-refractivity contribution in [2.75, 3.05) is 13.2 Å². The van der Waals surface area contributed by atoms with Gasteiger partial charge in [0.1, 0.15) is 5.58 Å². The van der Waals surface area contributed by atoms with Crippen molar-refractivity contribution < 1.29 is 18.7 Å². The van der Waals surface area contributed by atoms with E-state index in [0.29, 0.717) is 11.1 Å². The zero-order valence-corrected chi connectivity index (χ0v) is 11.5. The summed E-state index contributed by atoms with van der Waals surface area (Å²) in [6.45, 7) is 1.59. The minimum atomic E-state index is -0.681. The zero-order chi connectivity index (χ0) is 15.2. The van der Waals surface area contributed by atoms with Crippen LogP contribution in [0.4, 0.5) is 0 Å². The van der Waals surface area contributed by atoms with Gasteiger partial charge < -0.3 is 14.5 Å². The van der Waals surface area contributed by atoms with Gasteiger partial charge in [-0.1, -0.05) is 18.2 Å². The van der Waals surface area contributed by atoms with Gasteiger partial charge in [0.2, 0.25) is 5.76 Å². The molecule has 0 bridgehead atoms. The predicted molar refractivity (Wildman–Crippen MR) is 74.5 cm³/mol. The molecule has 0 atom stereocenters. The van der Waals surface area contributed by atoms with E-state index >= 15 is 0 Å². The topological polar surface area (TPSA) is 92.3 Å². The third-order valence-corrected chi connectivity index (χ3v) is 2.92. The van der Waals surface area contributed by atoms with Gasteiger partial charge in [0.05, 0.1) is 12.5 Å². The number of furan rings is 1. The number of hydrogen-bond acceptors (Lipinski definition) is 5. The lowest BCUT2D eigenvalue weighted by Gasteiger charge is -2.04. The van der Waals surface area contributed by atoms with Gasteiger partial charge in [-0.25, -0.2) is 4.79 Å². The van der Waals surface area contributed by atoms with Crippen LogP contribution in [0.15, 0.2) is 28.7 Å². The molecule has 0 saturated heterocycles. The molecule has 1 N–H and O–H groups in total. The van der Waals surface area contributed by atoms with E-state index in [1.54, 1.807) is 13.0 Å². The monoisotopic (exact) mass is 286 g/mol. The number of carbonyl (C=O) groups is 2. The number of aryl methyl sites for hydroxylation is 1. The average Bonchev–Trinajstić information content (AvgIpc) is 2.83. The second-order valence-corrected chi connectivity index (χ2v) is 4.39. The van der Waals surface area contributed by atoms with Crippen LogP contribution >= 0.6 is 0 Å². The van der Waals surface area contributed by atoms with Crippen molar-refractivity contribution in [3.8, 4) is 6.07 Å². The van der Waals surface area contributed by atoms with Gasteiger partial charge in [0.15, 0.2) is 6.61 Å². The van der Waals surface area contributed by atoms with Crippen molar-refractivity contribution in [3.05, 3.63) is 35.6 Å². The summed E-state index contributed by atoms with van der Waals surface area (Å²) in [4.78, 5) is 23.3. The lowest BCUT2D eigenvalue weighted by molar-refractivity contribution is -0.124. The molecule has 0 aliphatic carbocycles. The Bertz CT molecular complexity index is 712. The first-order chi connectivity index (χ1) is 10.1. The molecule has 0 unspecified atom stereocenters. The molecule has 0 saturated carbocycles. The van der Waals surface area contributed by atoms with E-state index in [-0.39, 0.29) is 18.7 Å². The summed E-state index contributed by atoms with van der Waals surface area (Å²) in [5.41, 5.74) is 1.28. The van der Waals surface area contributed by atoms with E-state index < -0.39 is 18.5 Å². The van der Waals surface area contributed by atoms with E-state index in [4.69, 9.17) is 14.4 Å². The molecule has 0 fully saturated rings. The molecule has 21 heavy (non-hydrogen) atoms. The molecule has 0 radical (unpaired) electrons. The fraction of sp³-hybridized carbons (Fsp3) is 0.267. The van der Waals surface area contributed by atoms with Crippen molar-refractivity contribution >= 4 is 22.8 Å². The van der Waals surface area contributed by atoms with E-state index in [9.17, 15) is 9.59 Å². The molecule has 0 spiro atoms. The first-order valence-corrected chi connectivity index (χ1v) is 6.42. The lowest BCUT2D eigenvalue weighted by atomic mass is 10.1. The number of para-hydroxylation sites is 1. The van der Waals surface area contributed by atoms with Gasteiger partial charge in [-0.2, -0.15) is 5.26 Å². The summed E-state index contributed by atoms with van der Waals surface area (Å²) in [6, 6.07) is 9.16. The SMILES string of the molecule is Cc1c(C(=O)OCC(=O)NCCC#N)oc2ccccc12. The number of ether oxygens (including phenoxy) is 1. The van der Waals surface area contributed by atoms with E-state index in [1.807, 2.05) is 24.3 Å². The van der Waals surface area contributed by atoms with Crippen LogP contribution in [0.25, 0.3) is 11.0 Å². The number of carbonyl (C=O) groups excluding carboxylic acids is 2. The summed E-state index contributed by atoms with van der Waals surface area (Å²) >= 11 is 0. The first-order valence-electron chi connectivity index (χ1n) is 6.42. The fourth-order valence-corrected chi connectivity index (χ4v) is 1.87. The highest BCUT2D eigenvalue weighted by molar-refractivity contribution is 5.96. The Morgan fingerprint density at radius 2 is 2.14 bits per heavy atom. The summed E-state index contributed by atoms with van der Waals surface area (Å²) in [5, 5.41) is 11.6. The number of benzene rings is 1. The molecule has 0 aliphatic heterocycles. The minimum absolute atomic E-state index is 0.0982. The Balaban J connectivity index is 1.98. The molecule has 6 heteroatoms. The van der Waals surface area contributed by atoms with Gasteiger partial charge in [-0.05, 0) is 13.0 Å². The third kappa shape index (κ3) is 3.39. The Labute approximate surface area is 121 Å². The highest BCUT2D eigenvalue weighted by Gasteiger charge is 2.19. The summed E-state index contributed by atoms with van der Waals surface area (Å²) in [6.07, 6.45) is 0.211. The zero-order valence-electron chi connectivity index (χ0n) is 11.5. The highest BCUT2D eigenvalue weighted by Crippen LogP contribution is 2.25. The van der Waals surface area contributed by atoms with Crippen LogP contribution in [-0.2, 0) is 9.53 Å². The lowest BCUT2D eigenvalue weighted by Crippen LogP contribution is -2.29. The standard InChI is InChI=1S/C15H14N2O4/c1-10-11-5-2-3-6-12(11)21-14(10)15(19)20-9-13(18)17-8-4-7-16/h2-3,5-6H,4,8-9H2,1H3,(H,17,18). The van der Waals surface area contributed by atoms with Crippen LogP contribution in [0.2, 0.25) is 0 Å². The first kappa shape index (κ1) is 14.6. The molecule has 1 amide bonds. The Morgan fingerprint density at radius 3 is 2.86 bits per heavy atom. The maximum absolute atomic E-state index is 11.9. The second-order valence-electron chi connectivity index (χ2n) is 4.39. The molecule has 0 aliphatic rings. The van der Waals surface area contributed by atoms with Crippen molar-refractivity contribution in [2.45, 2.75) is 13.3 Å². The molecule has 1 aromatic carbocycles. The van der Waals surface area contributed by atoms with Crippen LogP contribution in [0.3, 0.4) is 0 Å². The van der Waals surface area contributed by atoms with Gasteiger partial charge in [0.25, 0.3) is 5.91 Å². The molecule has 108 valence electrons. The van der Waals surface area contributed by atoms with Crippen LogP contribution < -0.4 is 5.32 Å². The Morgan fingerprint density at radius 1 is 1.38 bits per heavy atom. The number of rotatable bonds is 5. The highest BCUT2D eigenvalue weighted by atomic mass is 16.5. The van der Waals surface area contributed by atoms with Crippen molar-refractivity contribution in [1.82, 2.24) is 5.32 Å². The predicted octanol–water partition coefficient (Wildman–Crippen LogP) is 1.93. The minimum Gasteiger partial charge on any atom is -0.450 e. The normalized spacial score (nSPS) is 10.1. The number of amides is 1. The van der Waals surface area contributed by atoms with Gasteiger partial charge in [0, 0.05) is 17.5 Å². The number of fused-ring (bicyclic) bond motifs is 1. The second kappa shape index (κ2) is 6.57. The molecule has 1 heterocycles. The van der Waals surface area contributed by atoms with Gasteiger partial charge >= 0.3 is 5.97 Å². The van der Waals surface area contributed by atoms with E-state index in [0.717, 1.165) is 5.39 Å². The van der Waals surface area contributed by atoms with E-state index in [2.05, 4.69) is 5.32 Å². The summed E-state index contributed by atoms with van der Waals surface area (Å²) in [5.74, 6) is -1.03. The van der Waals surface area contributed by atoms with Crippen molar-refractivity contribution in [2.24, 2.45) is 0 Å². The molecule has 2 aromatic rings.